The van der Waals surface area contributed by atoms with E-state index in [0.717, 1.165) is 23.3 Å². The van der Waals surface area contributed by atoms with Gasteiger partial charge in [-0.1, -0.05) is 36.8 Å². The van der Waals surface area contributed by atoms with Gasteiger partial charge in [0.05, 0.1) is 5.69 Å². The second-order valence-electron chi connectivity index (χ2n) is 6.12. The molecule has 0 fully saturated rings. The summed E-state index contributed by atoms with van der Waals surface area (Å²) in [6, 6.07) is 11.9. The summed E-state index contributed by atoms with van der Waals surface area (Å²) in [6.45, 7) is 6.55. The fraction of sp³-hybridized carbons (Fsp3) is 0.316. The van der Waals surface area contributed by atoms with Crippen LogP contribution >= 0.6 is 0 Å². The molecule has 130 valence electrons. The molecule has 3 aromatic rings. The van der Waals surface area contributed by atoms with Gasteiger partial charge in [0.15, 0.2) is 0 Å². The molecule has 0 spiro atoms. The molecule has 1 heterocycles. The number of hydrogen-bond donors (Lipinski definition) is 0. The van der Waals surface area contributed by atoms with Crippen LogP contribution in [0.25, 0.3) is 5.69 Å². The summed E-state index contributed by atoms with van der Waals surface area (Å²) in [5, 5.41) is 7.74. The molecule has 1 aromatic heterocycles. The summed E-state index contributed by atoms with van der Waals surface area (Å²) in [4.78, 5) is 12.2. The molecule has 3 rings (SSSR count). The van der Waals surface area contributed by atoms with E-state index in [0.29, 0.717) is 12.3 Å². The van der Waals surface area contributed by atoms with Crippen molar-refractivity contribution in [3.8, 4) is 11.4 Å². The molecule has 0 atom stereocenters. The molecule has 0 radical (unpaired) electrons. The minimum absolute atomic E-state index is 0.281. The van der Waals surface area contributed by atoms with Crippen LogP contribution in [0.4, 0.5) is 0 Å². The normalized spacial score (nSPS) is 10.9. The van der Waals surface area contributed by atoms with Crippen LogP contribution in [-0.4, -0.2) is 19.8 Å². The third kappa shape index (κ3) is 3.33. The zero-order valence-electron chi connectivity index (χ0n) is 15.0. The lowest BCUT2D eigenvalue weighted by Gasteiger charge is -2.15. The third-order valence-electron chi connectivity index (χ3n) is 4.30. The summed E-state index contributed by atoms with van der Waals surface area (Å²) >= 11 is 0. The van der Waals surface area contributed by atoms with Crippen LogP contribution in [0.2, 0.25) is 0 Å². The first-order valence-corrected chi connectivity index (χ1v) is 8.31. The number of tetrazole rings is 1. The molecule has 0 aliphatic rings. The van der Waals surface area contributed by atoms with Crippen molar-refractivity contribution in [2.75, 3.05) is 0 Å². The Bertz CT molecular complexity index is 956. The summed E-state index contributed by atoms with van der Waals surface area (Å²) in [5.74, 6) is 0.869. The van der Waals surface area contributed by atoms with Gasteiger partial charge in [-0.15, -0.1) is 0 Å². The molecule has 0 aliphatic carbocycles. The van der Waals surface area contributed by atoms with Gasteiger partial charge in [0.1, 0.15) is 12.4 Å². The van der Waals surface area contributed by atoms with Gasteiger partial charge in [-0.05, 0) is 54.0 Å². The Kier molecular flexibility index (Phi) is 4.70. The Morgan fingerprint density at radius 3 is 2.60 bits per heavy atom. The summed E-state index contributed by atoms with van der Waals surface area (Å²) in [7, 11) is 1.58. The Morgan fingerprint density at radius 1 is 1.12 bits per heavy atom. The second-order valence-corrected chi connectivity index (χ2v) is 6.12. The molecule has 25 heavy (non-hydrogen) atoms. The van der Waals surface area contributed by atoms with Crippen molar-refractivity contribution in [2.45, 2.75) is 33.8 Å². The van der Waals surface area contributed by atoms with E-state index in [1.54, 1.807) is 7.05 Å². The van der Waals surface area contributed by atoms with E-state index in [2.05, 4.69) is 30.3 Å². The van der Waals surface area contributed by atoms with E-state index in [1.165, 1.54) is 20.5 Å². The lowest BCUT2D eigenvalue weighted by molar-refractivity contribution is 0.301. The maximum Gasteiger partial charge on any atom is 0.368 e. The quantitative estimate of drug-likeness (QED) is 0.718. The summed E-state index contributed by atoms with van der Waals surface area (Å²) in [5.41, 5.74) is 4.77. The van der Waals surface area contributed by atoms with E-state index < -0.39 is 0 Å². The lowest BCUT2D eigenvalue weighted by Crippen LogP contribution is -2.23. The molecular formula is C19H22N4O2. The first-order valence-electron chi connectivity index (χ1n) is 8.31. The first-order chi connectivity index (χ1) is 12.0. The molecule has 0 aliphatic heterocycles. The van der Waals surface area contributed by atoms with Crippen LogP contribution in [0.1, 0.15) is 29.2 Å². The zero-order chi connectivity index (χ0) is 18.0. The van der Waals surface area contributed by atoms with Crippen LogP contribution in [0.5, 0.6) is 5.75 Å². The molecule has 0 saturated heterocycles. The fourth-order valence-corrected chi connectivity index (χ4v) is 2.81. The van der Waals surface area contributed by atoms with Crippen molar-refractivity contribution < 1.29 is 4.74 Å². The van der Waals surface area contributed by atoms with Crippen LogP contribution < -0.4 is 10.4 Å². The summed E-state index contributed by atoms with van der Waals surface area (Å²) < 4.78 is 8.61. The molecule has 0 amide bonds. The minimum atomic E-state index is -0.281. The van der Waals surface area contributed by atoms with Gasteiger partial charge in [0.25, 0.3) is 0 Å². The Hall–Kier alpha value is -2.89. The fourth-order valence-electron chi connectivity index (χ4n) is 2.81. The molecule has 0 bridgehead atoms. The number of hydrogen-bond acceptors (Lipinski definition) is 4. The number of nitrogens with zero attached hydrogens (tertiary/aromatic N) is 4. The summed E-state index contributed by atoms with van der Waals surface area (Å²) in [6.07, 6.45) is 0.904. The van der Waals surface area contributed by atoms with Gasteiger partial charge < -0.3 is 4.74 Å². The molecule has 0 saturated carbocycles. The highest BCUT2D eigenvalue weighted by atomic mass is 16.5. The first kappa shape index (κ1) is 17.0. The molecular weight excluding hydrogens is 316 g/mol. The van der Waals surface area contributed by atoms with Gasteiger partial charge in [-0.2, -0.15) is 9.36 Å². The lowest BCUT2D eigenvalue weighted by atomic mass is 10.1. The van der Waals surface area contributed by atoms with Crippen molar-refractivity contribution in [2.24, 2.45) is 7.05 Å². The van der Waals surface area contributed by atoms with Crippen LogP contribution in [0.3, 0.4) is 0 Å². The highest BCUT2D eigenvalue weighted by Gasteiger charge is 2.14. The topological polar surface area (TPSA) is 61.9 Å². The van der Waals surface area contributed by atoms with E-state index in [-0.39, 0.29) is 5.69 Å². The van der Waals surface area contributed by atoms with Crippen molar-refractivity contribution in [3.63, 3.8) is 0 Å². The number of aromatic nitrogens is 4. The Morgan fingerprint density at radius 2 is 1.92 bits per heavy atom. The van der Waals surface area contributed by atoms with E-state index >= 15 is 0 Å². The van der Waals surface area contributed by atoms with Crippen molar-refractivity contribution >= 4 is 0 Å². The van der Waals surface area contributed by atoms with Gasteiger partial charge in [0, 0.05) is 12.6 Å². The van der Waals surface area contributed by atoms with Crippen molar-refractivity contribution in [3.05, 3.63) is 69.1 Å². The maximum absolute atomic E-state index is 12.2. The predicted molar refractivity (Wildman–Crippen MR) is 96.2 cm³/mol. The molecule has 0 N–H and O–H groups in total. The van der Waals surface area contributed by atoms with E-state index in [1.807, 2.05) is 37.3 Å². The number of benzene rings is 2. The van der Waals surface area contributed by atoms with E-state index in [9.17, 15) is 4.79 Å². The monoisotopic (exact) mass is 338 g/mol. The van der Waals surface area contributed by atoms with E-state index in [4.69, 9.17) is 4.74 Å². The second kappa shape index (κ2) is 6.93. The van der Waals surface area contributed by atoms with Gasteiger partial charge in [-0.25, -0.2) is 4.79 Å². The van der Waals surface area contributed by atoms with Crippen LogP contribution in [0, 0.1) is 13.8 Å². The van der Waals surface area contributed by atoms with Crippen molar-refractivity contribution in [1.29, 1.82) is 0 Å². The van der Waals surface area contributed by atoms with Crippen LogP contribution in [0.15, 0.2) is 41.2 Å². The Labute approximate surface area is 146 Å². The maximum atomic E-state index is 12.2. The molecule has 6 heteroatoms. The molecule has 2 aromatic carbocycles. The van der Waals surface area contributed by atoms with Gasteiger partial charge >= 0.3 is 5.69 Å². The highest BCUT2D eigenvalue weighted by molar-refractivity contribution is 5.45. The third-order valence-corrected chi connectivity index (χ3v) is 4.30. The molecule has 0 unspecified atom stereocenters. The minimum Gasteiger partial charge on any atom is -0.489 e. The molecule has 6 nitrogen and oxygen atoms in total. The smallest absolute Gasteiger partial charge is 0.368 e. The van der Waals surface area contributed by atoms with Crippen molar-refractivity contribution in [1.82, 2.24) is 19.8 Å². The average molecular weight is 338 g/mol. The van der Waals surface area contributed by atoms with Gasteiger partial charge in [-0.3, -0.25) is 0 Å². The standard InChI is InChI=1S/C19H22N4O2/c1-5-15-11-13(2)9-10-18(15)25-12-16-14(3)7-6-8-17(16)23-19(24)22(4)20-21-23/h6-11H,5,12H2,1-4H3. The number of aryl methyl sites for hydroxylation is 4. The SMILES string of the molecule is CCc1cc(C)ccc1OCc1c(C)cccc1-n1nnn(C)c1=O. The Balaban J connectivity index is 1.96. The van der Waals surface area contributed by atoms with Crippen LogP contribution in [-0.2, 0) is 20.1 Å². The van der Waals surface area contributed by atoms with Gasteiger partial charge in [0.2, 0.25) is 0 Å². The average Bonchev–Trinajstić information content (AvgIpc) is 2.93. The highest BCUT2D eigenvalue weighted by Crippen LogP contribution is 2.24. The largest absolute Gasteiger partial charge is 0.489 e. The zero-order valence-corrected chi connectivity index (χ0v) is 15.0. The number of rotatable bonds is 5. The number of ether oxygens (including phenoxy) is 1. The predicted octanol–water partition coefficient (Wildman–Crippen LogP) is 2.72.